The fourth-order valence-electron chi connectivity index (χ4n) is 2.32. The average Bonchev–Trinajstić information content (AvgIpc) is 3.07. The number of nitrogens with zero attached hydrogens (tertiary/aromatic N) is 3. The van der Waals surface area contributed by atoms with E-state index in [0.717, 1.165) is 36.1 Å². The molecule has 0 aliphatic carbocycles. The fraction of sp³-hybridized carbons (Fsp3) is 0.571. The maximum absolute atomic E-state index is 4.67. The predicted octanol–water partition coefficient (Wildman–Crippen LogP) is 3.58. The van der Waals surface area contributed by atoms with Gasteiger partial charge in [0.25, 0.3) is 0 Å². The molecule has 0 saturated carbocycles. The zero-order valence-electron chi connectivity index (χ0n) is 12.2. The van der Waals surface area contributed by atoms with Crippen molar-refractivity contribution in [2.75, 3.05) is 6.54 Å². The van der Waals surface area contributed by atoms with Gasteiger partial charge >= 0.3 is 0 Å². The molecule has 0 aliphatic heterocycles. The highest BCUT2D eigenvalue weighted by Gasteiger charge is 2.20. The highest BCUT2D eigenvalue weighted by Crippen LogP contribution is 2.28. The number of aromatic nitrogens is 3. The number of hydrogen-bond acceptors (Lipinski definition) is 4. The lowest BCUT2D eigenvalue weighted by Gasteiger charge is -2.17. The van der Waals surface area contributed by atoms with Crippen molar-refractivity contribution in [1.29, 1.82) is 0 Å². The van der Waals surface area contributed by atoms with Crippen LogP contribution in [0.15, 0.2) is 16.2 Å². The number of likely N-dealkylation sites (N-methyl/N-ethyl adjacent to an activating group) is 1. The smallest absolute Gasteiger partial charge is 0.0794 e. The largest absolute Gasteiger partial charge is 0.309 e. The first-order valence-corrected chi connectivity index (χ1v) is 8.74. The summed E-state index contributed by atoms with van der Waals surface area (Å²) in [5.41, 5.74) is 4.30. The molecule has 4 nitrogen and oxygen atoms in total. The minimum atomic E-state index is 0.301. The number of nitrogens with one attached hydrogen (secondary N) is 1. The van der Waals surface area contributed by atoms with E-state index >= 15 is 0 Å². The van der Waals surface area contributed by atoms with Gasteiger partial charge in [0.1, 0.15) is 0 Å². The first kappa shape index (κ1) is 15.7. The second-order valence-corrected chi connectivity index (χ2v) is 6.31. The first-order valence-electron chi connectivity index (χ1n) is 7.06. The molecule has 6 heteroatoms. The van der Waals surface area contributed by atoms with Gasteiger partial charge < -0.3 is 5.32 Å². The maximum Gasteiger partial charge on any atom is 0.0794 e. The Balaban J connectivity index is 2.28. The Bertz CT molecular complexity index is 536. The monoisotopic (exact) mass is 356 g/mol. The van der Waals surface area contributed by atoms with E-state index in [0.29, 0.717) is 6.04 Å². The van der Waals surface area contributed by atoms with E-state index in [1.165, 1.54) is 10.6 Å². The minimum Gasteiger partial charge on any atom is -0.309 e. The standard InChI is InChI=1S/C14H21BrN4S/c1-4-10-14(15)12(19(6-3)18-10)7-11(17-5-2)13-8-16-9-20-13/h8-9,11,17H,4-7H2,1-3H3. The van der Waals surface area contributed by atoms with Crippen LogP contribution in [-0.2, 0) is 19.4 Å². The van der Waals surface area contributed by atoms with Crippen LogP contribution in [-0.4, -0.2) is 21.3 Å². The molecule has 20 heavy (non-hydrogen) atoms. The van der Waals surface area contributed by atoms with Gasteiger partial charge in [-0.05, 0) is 35.8 Å². The first-order chi connectivity index (χ1) is 9.71. The molecule has 0 fully saturated rings. The molecule has 2 aromatic rings. The Morgan fingerprint density at radius 3 is 2.75 bits per heavy atom. The van der Waals surface area contributed by atoms with Crippen LogP contribution in [0.25, 0.3) is 0 Å². The number of hydrogen-bond donors (Lipinski definition) is 1. The van der Waals surface area contributed by atoms with Gasteiger partial charge in [-0.1, -0.05) is 13.8 Å². The van der Waals surface area contributed by atoms with E-state index in [2.05, 4.69) is 56.8 Å². The Morgan fingerprint density at radius 2 is 2.20 bits per heavy atom. The number of halogens is 1. The molecule has 1 atom stereocenters. The van der Waals surface area contributed by atoms with E-state index in [1.807, 2.05) is 11.7 Å². The summed E-state index contributed by atoms with van der Waals surface area (Å²) in [6, 6.07) is 0.301. The second kappa shape index (κ2) is 7.33. The van der Waals surface area contributed by atoms with E-state index in [9.17, 15) is 0 Å². The van der Waals surface area contributed by atoms with Crippen molar-refractivity contribution >= 4 is 27.3 Å². The van der Waals surface area contributed by atoms with Crippen LogP contribution < -0.4 is 5.32 Å². The molecule has 0 aromatic carbocycles. The van der Waals surface area contributed by atoms with Gasteiger partial charge in [0.2, 0.25) is 0 Å². The van der Waals surface area contributed by atoms with Crippen LogP contribution in [0, 0.1) is 0 Å². The summed E-state index contributed by atoms with van der Waals surface area (Å²) in [6.45, 7) is 8.26. The summed E-state index contributed by atoms with van der Waals surface area (Å²) in [5.74, 6) is 0. The average molecular weight is 357 g/mol. The van der Waals surface area contributed by atoms with Crippen LogP contribution in [0.1, 0.15) is 43.1 Å². The summed E-state index contributed by atoms with van der Waals surface area (Å²) in [7, 11) is 0. The molecule has 0 aliphatic rings. The molecular weight excluding hydrogens is 336 g/mol. The highest BCUT2D eigenvalue weighted by molar-refractivity contribution is 9.10. The number of thiazole rings is 1. The van der Waals surface area contributed by atoms with Crippen molar-refractivity contribution in [3.05, 3.63) is 32.4 Å². The third-order valence-corrected chi connectivity index (χ3v) is 5.14. The maximum atomic E-state index is 4.67. The van der Waals surface area contributed by atoms with Crippen LogP contribution in [0.3, 0.4) is 0 Å². The summed E-state index contributed by atoms with van der Waals surface area (Å²) in [5, 5.41) is 8.22. The van der Waals surface area contributed by atoms with E-state index < -0.39 is 0 Å². The van der Waals surface area contributed by atoms with Crippen LogP contribution in [0.5, 0.6) is 0 Å². The van der Waals surface area contributed by atoms with Crippen molar-refractivity contribution in [2.24, 2.45) is 0 Å². The van der Waals surface area contributed by atoms with Gasteiger partial charge in [0, 0.05) is 30.1 Å². The molecule has 0 saturated heterocycles. The number of aryl methyl sites for hydroxylation is 2. The fourth-order valence-corrected chi connectivity index (χ4v) is 3.75. The van der Waals surface area contributed by atoms with Crippen LogP contribution in [0.2, 0.25) is 0 Å². The highest BCUT2D eigenvalue weighted by atomic mass is 79.9. The molecular formula is C14H21BrN4S. The Kier molecular flexibility index (Phi) is 5.74. The molecule has 0 bridgehead atoms. The zero-order chi connectivity index (χ0) is 14.5. The summed E-state index contributed by atoms with van der Waals surface area (Å²) < 4.78 is 3.27. The molecule has 0 spiro atoms. The zero-order valence-corrected chi connectivity index (χ0v) is 14.6. The van der Waals surface area contributed by atoms with Gasteiger partial charge in [-0.25, -0.2) is 0 Å². The van der Waals surface area contributed by atoms with Crippen molar-refractivity contribution in [3.8, 4) is 0 Å². The molecule has 110 valence electrons. The quantitative estimate of drug-likeness (QED) is 0.824. The van der Waals surface area contributed by atoms with E-state index in [1.54, 1.807) is 11.3 Å². The third kappa shape index (κ3) is 3.30. The molecule has 2 rings (SSSR count). The molecule has 1 N–H and O–H groups in total. The SMILES string of the molecule is CCNC(Cc1c(Br)c(CC)nn1CC)c1cncs1. The molecule has 0 amide bonds. The Hall–Kier alpha value is -0.720. The summed E-state index contributed by atoms with van der Waals surface area (Å²) in [4.78, 5) is 5.48. The van der Waals surface area contributed by atoms with E-state index in [4.69, 9.17) is 0 Å². The lowest BCUT2D eigenvalue weighted by atomic mass is 10.1. The van der Waals surface area contributed by atoms with Gasteiger partial charge in [0.05, 0.1) is 21.4 Å². The van der Waals surface area contributed by atoms with Crippen molar-refractivity contribution in [1.82, 2.24) is 20.1 Å². The molecule has 0 radical (unpaired) electrons. The van der Waals surface area contributed by atoms with Gasteiger partial charge in [0.15, 0.2) is 0 Å². The minimum absolute atomic E-state index is 0.301. The molecule has 1 unspecified atom stereocenters. The van der Waals surface area contributed by atoms with Crippen molar-refractivity contribution in [2.45, 2.75) is 46.2 Å². The lowest BCUT2D eigenvalue weighted by molar-refractivity contribution is 0.520. The summed E-state index contributed by atoms with van der Waals surface area (Å²) >= 11 is 5.43. The van der Waals surface area contributed by atoms with Crippen molar-refractivity contribution in [3.63, 3.8) is 0 Å². The van der Waals surface area contributed by atoms with Crippen LogP contribution in [0.4, 0.5) is 0 Å². The molecule has 2 heterocycles. The predicted molar refractivity (Wildman–Crippen MR) is 87.2 cm³/mol. The number of rotatable bonds is 7. The molecule has 2 aromatic heterocycles. The topological polar surface area (TPSA) is 42.7 Å². The van der Waals surface area contributed by atoms with Crippen LogP contribution >= 0.6 is 27.3 Å². The van der Waals surface area contributed by atoms with E-state index in [-0.39, 0.29) is 0 Å². The Morgan fingerprint density at radius 1 is 1.40 bits per heavy atom. The van der Waals surface area contributed by atoms with Crippen molar-refractivity contribution < 1.29 is 0 Å². The van der Waals surface area contributed by atoms with Gasteiger partial charge in [-0.3, -0.25) is 9.67 Å². The normalized spacial score (nSPS) is 12.8. The van der Waals surface area contributed by atoms with Gasteiger partial charge in [-0.15, -0.1) is 11.3 Å². The Labute approximate surface area is 132 Å². The third-order valence-electron chi connectivity index (χ3n) is 3.34. The summed E-state index contributed by atoms with van der Waals surface area (Å²) in [6.07, 6.45) is 3.84. The second-order valence-electron chi connectivity index (χ2n) is 4.59. The lowest BCUT2D eigenvalue weighted by Crippen LogP contribution is -2.23. The van der Waals surface area contributed by atoms with Gasteiger partial charge in [-0.2, -0.15) is 5.10 Å².